The van der Waals surface area contributed by atoms with Gasteiger partial charge < -0.3 is 10.6 Å². The minimum atomic E-state index is 0.774. The molecule has 0 atom stereocenters. The van der Waals surface area contributed by atoms with E-state index >= 15 is 0 Å². The van der Waals surface area contributed by atoms with Crippen LogP contribution >= 0.6 is 31.9 Å². The molecule has 0 saturated heterocycles. The van der Waals surface area contributed by atoms with Crippen molar-refractivity contribution in [2.75, 3.05) is 23.7 Å². The zero-order valence-electron chi connectivity index (χ0n) is 9.76. The monoisotopic (exact) mass is 348 g/mol. The van der Waals surface area contributed by atoms with Crippen LogP contribution in [0.3, 0.4) is 0 Å². The van der Waals surface area contributed by atoms with Crippen LogP contribution in [0.2, 0.25) is 0 Å². The summed E-state index contributed by atoms with van der Waals surface area (Å²) in [5.41, 5.74) is 7.78. The fourth-order valence-corrected chi connectivity index (χ4v) is 3.49. The average Bonchev–Trinajstić information content (AvgIpc) is 2.16. The van der Waals surface area contributed by atoms with Gasteiger partial charge in [0, 0.05) is 27.7 Å². The van der Waals surface area contributed by atoms with Gasteiger partial charge in [-0.25, -0.2) is 0 Å². The molecule has 16 heavy (non-hydrogen) atoms. The zero-order chi connectivity index (χ0) is 12.1. The van der Waals surface area contributed by atoms with Crippen molar-refractivity contribution in [3.8, 4) is 0 Å². The van der Waals surface area contributed by atoms with E-state index in [2.05, 4.69) is 50.6 Å². The summed E-state index contributed by atoms with van der Waals surface area (Å²) in [6, 6.07) is 3.91. The highest BCUT2D eigenvalue weighted by atomic mass is 79.9. The number of hydrogen-bond acceptors (Lipinski definition) is 2. The Morgan fingerprint density at radius 2 is 1.50 bits per heavy atom. The van der Waals surface area contributed by atoms with E-state index < -0.39 is 0 Å². The predicted octanol–water partition coefficient (Wildman–Crippen LogP) is 4.42. The Labute approximate surface area is 114 Å². The summed E-state index contributed by atoms with van der Waals surface area (Å²) in [4.78, 5) is 2.38. The van der Waals surface area contributed by atoms with Crippen molar-refractivity contribution in [3.63, 3.8) is 0 Å². The van der Waals surface area contributed by atoms with Gasteiger partial charge in [0.1, 0.15) is 0 Å². The molecule has 0 unspecified atom stereocenters. The minimum Gasteiger partial charge on any atom is -0.399 e. The van der Waals surface area contributed by atoms with E-state index in [9.17, 15) is 0 Å². The van der Waals surface area contributed by atoms with Crippen LogP contribution in [0.5, 0.6) is 0 Å². The van der Waals surface area contributed by atoms with Gasteiger partial charge >= 0.3 is 0 Å². The Hall–Kier alpha value is -0.220. The molecule has 2 nitrogen and oxygen atoms in total. The molecule has 0 amide bonds. The van der Waals surface area contributed by atoms with Crippen LogP contribution in [0.1, 0.15) is 26.7 Å². The van der Waals surface area contributed by atoms with Gasteiger partial charge in [0.25, 0.3) is 0 Å². The number of benzene rings is 1. The number of nitrogen functional groups attached to an aromatic ring is 1. The van der Waals surface area contributed by atoms with E-state index in [1.54, 1.807) is 0 Å². The first kappa shape index (κ1) is 13.8. The number of hydrogen-bond donors (Lipinski definition) is 1. The third kappa shape index (κ3) is 3.39. The zero-order valence-corrected chi connectivity index (χ0v) is 12.9. The fourth-order valence-electron chi connectivity index (χ4n) is 1.76. The quantitative estimate of drug-likeness (QED) is 0.797. The lowest BCUT2D eigenvalue weighted by Gasteiger charge is -2.26. The average molecular weight is 350 g/mol. The molecule has 0 aliphatic rings. The van der Waals surface area contributed by atoms with Crippen LogP contribution in [-0.2, 0) is 0 Å². The van der Waals surface area contributed by atoms with Crippen molar-refractivity contribution < 1.29 is 0 Å². The third-order valence-electron chi connectivity index (χ3n) is 2.34. The molecular formula is C12H18Br2N2. The number of anilines is 2. The molecule has 0 spiro atoms. The molecule has 0 saturated carbocycles. The highest BCUT2D eigenvalue weighted by Crippen LogP contribution is 2.36. The fraction of sp³-hybridized carbons (Fsp3) is 0.500. The van der Waals surface area contributed by atoms with E-state index in [-0.39, 0.29) is 0 Å². The SMILES string of the molecule is CCCN(CCC)c1c(Br)cc(N)cc1Br. The molecule has 0 heterocycles. The van der Waals surface area contributed by atoms with Crippen LogP contribution in [-0.4, -0.2) is 13.1 Å². The van der Waals surface area contributed by atoms with E-state index in [0.717, 1.165) is 40.6 Å². The highest BCUT2D eigenvalue weighted by molar-refractivity contribution is 9.11. The second-order valence-corrected chi connectivity index (χ2v) is 5.53. The predicted molar refractivity (Wildman–Crippen MR) is 79.0 cm³/mol. The maximum Gasteiger partial charge on any atom is 0.0656 e. The van der Waals surface area contributed by atoms with Crippen LogP contribution in [0, 0.1) is 0 Å². The molecule has 2 N–H and O–H groups in total. The van der Waals surface area contributed by atoms with Crippen molar-refractivity contribution in [1.29, 1.82) is 0 Å². The summed E-state index contributed by atoms with van der Waals surface area (Å²) in [5.74, 6) is 0. The topological polar surface area (TPSA) is 29.3 Å². The smallest absolute Gasteiger partial charge is 0.0656 e. The Balaban J connectivity index is 3.07. The lowest BCUT2D eigenvalue weighted by atomic mass is 10.2. The van der Waals surface area contributed by atoms with E-state index in [0.29, 0.717) is 0 Å². The van der Waals surface area contributed by atoms with Gasteiger partial charge in [-0.3, -0.25) is 0 Å². The van der Waals surface area contributed by atoms with Gasteiger partial charge in [0.2, 0.25) is 0 Å². The van der Waals surface area contributed by atoms with Crippen LogP contribution in [0.4, 0.5) is 11.4 Å². The molecule has 0 aromatic heterocycles. The van der Waals surface area contributed by atoms with Gasteiger partial charge in [0.05, 0.1) is 5.69 Å². The summed E-state index contributed by atoms with van der Waals surface area (Å²) < 4.78 is 2.11. The second kappa shape index (κ2) is 6.50. The minimum absolute atomic E-state index is 0.774. The number of nitrogens with two attached hydrogens (primary N) is 1. The van der Waals surface area contributed by atoms with Crippen LogP contribution in [0.25, 0.3) is 0 Å². The van der Waals surface area contributed by atoms with Crippen molar-refractivity contribution in [2.45, 2.75) is 26.7 Å². The van der Waals surface area contributed by atoms with E-state index in [1.807, 2.05) is 12.1 Å². The molecule has 4 heteroatoms. The Bertz CT molecular complexity index is 324. The molecule has 0 bridgehead atoms. The summed E-state index contributed by atoms with van der Waals surface area (Å²) in [6.45, 7) is 6.52. The summed E-state index contributed by atoms with van der Waals surface area (Å²) >= 11 is 7.17. The largest absolute Gasteiger partial charge is 0.399 e. The third-order valence-corrected chi connectivity index (χ3v) is 3.55. The molecule has 0 aliphatic carbocycles. The maximum absolute atomic E-state index is 5.80. The Morgan fingerprint density at radius 3 is 1.88 bits per heavy atom. The lowest BCUT2D eigenvalue weighted by molar-refractivity contribution is 0.742. The first-order valence-corrected chi connectivity index (χ1v) is 7.18. The number of rotatable bonds is 5. The first-order chi connectivity index (χ1) is 7.60. The summed E-state index contributed by atoms with van der Waals surface area (Å²) in [7, 11) is 0. The van der Waals surface area contributed by atoms with Crippen molar-refractivity contribution in [3.05, 3.63) is 21.1 Å². The van der Waals surface area contributed by atoms with Crippen LogP contribution < -0.4 is 10.6 Å². The Kier molecular flexibility index (Phi) is 5.62. The molecule has 1 rings (SSSR count). The molecule has 90 valence electrons. The highest BCUT2D eigenvalue weighted by Gasteiger charge is 2.13. The summed E-state index contributed by atoms with van der Waals surface area (Å²) in [6.07, 6.45) is 2.28. The molecule has 1 aromatic rings. The normalized spacial score (nSPS) is 10.5. The number of nitrogens with zero attached hydrogens (tertiary/aromatic N) is 1. The van der Waals surface area contributed by atoms with E-state index in [4.69, 9.17) is 5.73 Å². The van der Waals surface area contributed by atoms with Gasteiger partial charge in [-0.05, 0) is 56.8 Å². The van der Waals surface area contributed by atoms with Crippen LogP contribution in [0.15, 0.2) is 21.1 Å². The lowest BCUT2D eigenvalue weighted by Crippen LogP contribution is -2.25. The van der Waals surface area contributed by atoms with E-state index in [1.165, 1.54) is 5.69 Å². The maximum atomic E-state index is 5.80. The van der Waals surface area contributed by atoms with Gasteiger partial charge in [-0.15, -0.1) is 0 Å². The Morgan fingerprint density at radius 1 is 1.06 bits per heavy atom. The molecule has 0 fully saturated rings. The number of halogens is 2. The standard InChI is InChI=1S/C12H18Br2N2/c1-3-5-16(6-4-2)12-10(13)7-9(15)8-11(12)14/h7-8H,3-6,15H2,1-2H3. The second-order valence-electron chi connectivity index (χ2n) is 3.82. The van der Waals surface area contributed by atoms with Gasteiger partial charge in [0.15, 0.2) is 0 Å². The molecular weight excluding hydrogens is 332 g/mol. The summed E-state index contributed by atoms with van der Waals surface area (Å²) in [5, 5.41) is 0. The first-order valence-electron chi connectivity index (χ1n) is 5.59. The van der Waals surface area contributed by atoms with Crippen molar-refractivity contribution in [1.82, 2.24) is 0 Å². The molecule has 0 aliphatic heterocycles. The van der Waals surface area contributed by atoms with Crippen molar-refractivity contribution in [2.24, 2.45) is 0 Å². The molecule has 1 aromatic carbocycles. The van der Waals surface area contributed by atoms with Crippen molar-refractivity contribution >= 4 is 43.2 Å². The van der Waals surface area contributed by atoms with Gasteiger partial charge in [-0.2, -0.15) is 0 Å². The molecule has 0 radical (unpaired) electrons. The van der Waals surface area contributed by atoms with Gasteiger partial charge in [-0.1, -0.05) is 13.8 Å².